The maximum absolute atomic E-state index is 12.6. The minimum absolute atomic E-state index is 0.474. The van der Waals surface area contributed by atoms with E-state index in [4.69, 9.17) is 11.6 Å². The highest BCUT2D eigenvalue weighted by Gasteiger charge is 2.19. The molecule has 0 N–H and O–H groups in total. The molecule has 1 aromatic carbocycles. The fourth-order valence-electron chi connectivity index (χ4n) is 0.657. The summed E-state index contributed by atoms with van der Waals surface area (Å²) in [5.41, 5.74) is -0.920. The van der Waals surface area contributed by atoms with Gasteiger partial charge in [0.1, 0.15) is 0 Å². The number of nitro groups is 1. The molecule has 3 nitrogen and oxygen atoms in total. The Balaban J connectivity index is 3.36. The van der Waals surface area contributed by atoms with Crippen molar-refractivity contribution >= 4 is 17.3 Å². The third-order valence-corrected chi connectivity index (χ3v) is 1.50. The molecule has 0 bridgehead atoms. The van der Waals surface area contributed by atoms with Gasteiger partial charge in [0, 0.05) is 6.07 Å². The molecule has 0 saturated heterocycles. The average Bonchev–Trinajstić information content (AvgIpc) is 2.00. The summed E-state index contributed by atoms with van der Waals surface area (Å²) in [6, 6.07) is 1.73. The van der Waals surface area contributed by atoms with Crippen molar-refractivity contribution in [3.05, 3.63) is 38.9 Å². The first kappa shape index (κ1) is 8.86. The van der Waals surface area contributed by atoms with E-state index in [-0.39, 0.29) is 0 Å². The molecule has 0 radical (unpaired) electrons. The zero-order chi connectivity index (χ0) is 9.30. The number of nitrogens with zero attached hydrogens (tertiary/aromatic N) is 1. The standard InChI is InChI=1S/C6H2ClF2NO2/c7-3-1-2-4(10(11)12)6(9)5(3)8/h1-2H. The zero-order valence-corrected chi connectivity index (χ0v) is 6.31. The molecular weight excluding hydrogens is 192 g/mol. The average molecular weight is 194 g/mol. The van der Waals surface area contributed by atoms with Crippen molar-refractivity contribution in [2.75, 3.05) is 0 Å². The van der Waals surface area contributed by atoms with Crippen LogP contribution >= 0.6 is 11.6 Å². The highest BCUT2D eigenvalue weighted by atomic mass is 35.5. The summed E-state index contributed by atoms with van der Waals surface area (Å²) >= 11 is 5.15. The molecular formula is C6H2ClF2NO2. The van der Waals surface area contributed by atoms with Crippen LogP contribution in [0.15, 0.2) is 12.1 Å². The van der Waals surface area contributed by atoms with E-state index in [0.717, 1.165) is 12.1 Å². The lowest BCUT2D eigenvalue weighted by atomic mass is 10.3. The zero-order valence-electron chi connectivity index (χ0n) is 5.55. The highest BCUT2D eigenvalue weighted by Crippen LogP contribution is 2.24. The Bertz CT molecular complexity index is 343. The lowest BCUT2D eigenvalue weighted by Crippen LogP contribution is -1.95. The van der Waals surface area contributed by atoms with E-state index in [9.17, 15) is 18.9 Å². The van der Waals surface area contributed by atoms with Gasteiger partial charge in [0.05, 0.1) is 9.95 Å². The third kappa shape index (κ3) is 1.35. The maximum atomic E-state index is 12.6. The van der Waals surface area contributed by atoms with Crippen LogP contribution in [0.1, 0.15) is 0 Å². The van der Waals surface area contributed by atoms with E-state index in [0.29, 0.717) is 0 Å². The Kier molecular flexibility index (Phi) is 2.23. The number of halogens is 3. The Morgan fingerprint density at radius 3 is 2.42 bits per heavy atom. The maximum Gasteiger partial charge on any atom is 0.307 e. The second kappa shape index (κ2) is 3.02. The Morgan fingerprint density at radius 1 is 1.33 bits per heavy atom. The van der Waals surface area contributed by atoms with Crippen LogP contribution in [-0.4, -0.2) is 4.92 Å². The van der Waals surface area contributed by atoms with Gasteiger partial charge in [-0.15, -0.1) is 0 Å². The lowest BCUT2D eigenvalue weighted by molar-refractivity contribution is -0.387. The number of rotatable bonds is 1. The van der Waals surface area contributed by atoms with Crippen molar-refractivity contribution in [1.29, 1.82) is 0 Å². The van der Waals surface area contributed by atoms with Gasteiger partial charge in [-0.3, -0.25) is 10.1 Å². The van der Waals surface area contributed by atoms with Crippen LogP contribution in [0.5, 0.6) is 0 Å². The molecule has 0 spiro atoms. The van der Waals surface area contributed by atoms with Crippen LogP contribution in [0.3, 0.4) is 0 Å². The van der Waals surface area contributed by atoms with Crippen molar-refractivity contribution in [2.24, 2.45) is 0 Å². The van der Waals surface area contributed by atoms with E-state index in [2.05, 4.69) is 0 Å². The highest BCUT2D eigenvalue weighted by molar-refractivity contribution is 6.30. The van der Waals surface area contributed by atoms with E-state index < -0.39 is 27.3 Å². The second-order valence-corrected chi connectivity index (χ2v) is 2.36. The van der Waals surface area contributed by atoms with E-state index in [1.807, 2.05) is 0 Å². The van der Waals surface area contributed by atoms with Gasteiger partial charge >= 0.3 is 5.69 Å². The van der Waals surface area contributed by atoms with E-state index >= 15 is 0 Å². The first-order chi connectivity index (χ1) is 5.54. The molecule has 0 heterocycles. The van der Waals surface area contributed by atoms with Crippen molar-refractivity contribution in [1.82, 2.24) is 0 Å². The summed E-state index contributed by atoms with van der Waals surface area (Å²) in [4.78, 5) is 9.02. The smallest absolute Gasteiger partial charge is 0.258 e. The summed E-state index contributed by atoms with van der Waals surface area (Å²) in [6.45, 7) is 0. The number of hydrogen-bond acceptors (Lipinski definition) is 2. The summed E-state index contributed by atoms with van der Waals surface area (Å²) in [7, 11) is 0. The molecule has 1 aromatic rings. The van der Waals surface area contributed by atoms with Crippen LogP contribution in [-0.2, 0) is 0 Å². The number of nitro benzene ring substituents is 1. The fourth-order valence-corrected chi connectivity index (χ4v) is 0.803. The largest absolute Gasteiger partial charge is 0.307 e. The lowest BCUT2D eigenvalue weighted by Gasteiger charge is -1.95. The van der Waals surface area contributed by atoms with Crippen molar-refractivity contribution in [3.8, 4) is 0 Å². The molecule has 0 fully saturated rings. The van der Waals surface area contributed by atoms with Gasteiger partial charge in [-0.1, -0.05) is 11.6 Å². The molecule has 0 aliphatic carbocycles. The first-order valence-corrected chi connectivity index (χ1v) is 3.19. The molecule has 0 aromatic heterocycles. The topological polar surface area (TPSA) is 43.1 Å². The summed E-state index contributed by atoms with van der Waals surface area (Å²) < 4.78 is 25.2. The van der Waals surface area contributed by atoms with E-state index in [1.54, 1.807) is 0 Å². The van der Waals surface area contributed by atoms with Crippen LogP contribution in [0, 0.1) is 21.7 Å². The second-order valence-electron chi connectivity index (χ2n) is 1.95. The molecule has 6 heteroatoms. The van der Waals surface area contributed by atoms with Crippen LogP contribution in [0.4, 0.5) is 14.5 Å². The van der Waals surface area contributed by atoms with Crippen LogP contribution < -0.4 is 0 Å². The molecule has 0 atom stereocenters. The Hall–Kier alpha value is -1.23. The quantitative estimate of drug-likeness (QED) is 0.391. The van der Waals surface area contributed by atoms with Gasteiger partial charge in [0.15, 0.2) is 5.82 Å². The SMILES string of the molecule is O=[N+]([O-])c1ccc(Cl)c(F)c1F. The summed E-state index contributed by atoms with van der Waals surface area (Å²) in [6.07, 6.45) is 0. The minimum Gasteiger partial charge on any atom is -0.258 e. The van der Waals surface area contributed by atoms with Gasteiger partial charge in [-0.05, 0) is 6.07 Å². The van der Waals surface area contributed by atoms with Gasteiger partial charge in [-0.2, -0.15) is 4.39 Å². The molecule has 0 amide bonds. The molecule has 0 saturated carbocycles. The molecule has 64 valence electrons. The minimum atomic E-state index is -1.53. The predicted octanol–water partition coefficient (Wildman–Crippen LogP) is 2.53. The fraction of sp³-hybridized carbons (Fsp3) is 0. The molecule has 1 rings (SSSR count). The van der Waals surface area contributed by atoms with E-state index in [1.165, 1.54) is 0 Å². The van der Waals surface area contributed by atoms with Gasteiger partial charge in [0.25, 0.3) is 0 Å². The summed E-state index contributed by atoms with van der Waals surface area (Å²) in [5, 5.41) is 9.57. The van der Waals surface area contributed by atoms with Crippen molar-refractivity contribution < 1.29 is 13.7 Å². The number of benzene rings is 1. The molecule has 0 aliphatic heterocycles. The van der Waals surface area contributed by atoms with Crippen molar-refractivity contribution in [3.63, 3.8) is 0 Å². The molecule has 0 aliphatic rings. The van der Waals surface area contributed by atoms with Gasteiger partial charge in [0.2, 0.25) is 5.82 Å². The third-order valence-electron chi connectivity index (χ3n) is 1.21. The van der Waals surface area contributed by atoms with Crippen molar-refractivity contribution in [2.45, 2.75) is 0 Å². The van der Waals surface area contributed by atoms with Crippen LogP contribution in [0.25, 0.3) is 0 Å². The normalized spacial score (nSPS) is 9.92. The Labute approximate surface area is 70.7 Å². The van der Waals surface area contributed by atoms with Crippen LogP contribution in [0.2, 0.25) is 5.02 Å². The number of hydrogen-bond donors (Lipinski definition) is 0. The summed E-state index contributed by atoms with van der Waals surface area (Å²) in [5.74, 6) is -2.93. The monoisotopic (exact) mass is 193 g/mol. The Morgan fingerprint density at radius 2 is 1.92 bits per heavy atom. The van der Waals surface area contributed by atoms with Gasteiger partial charge < -0.3 is 0 Å². The molecule has 12 heavy (non-hydrogen) atoms. The molecule has 0 unspecified atom stereocenters. The first-order valence-electron chi connectivity index (χ1n) is 2.82. The predicted molar refractivity (Wildman–Crippen MR) is 38.0 cm³/mol. The van der Waals surface area contributed by atoms with Gasteiger partial charge in [-0.25, -0.2) is 4.39 Å².